The summed E-state index contributed by atoms with van der Waals surface area (Å²) in [6.45, 7) is 0. The smallest absolute Gasteiger partial charge is 0.305 e. The lowest BCUT2D eigenvalue weighted by molar-refractivity contribution is -0.137. The molecular formula is C14H12F3N3O. The number of aromatic amines is 1. The second-order valence-electron chi connectivity index (χ2n) is 4.92. The van der Waals surface area contributed by atoms with Crippen molar-refractivity contribution in [2.45, 2.75) is 25.4 Å². The van der Waals surface area contributed by atoms with Gasteiger partial charge in [-0.1, -0.05) is 6.07 Å². The predicted molar refractivity (Wildman–Crippen MR) is 70.0 cm³/mol. The fourth-order valence-corrected chi connectivity index (χ4v) is 2.44. The van der Waals surface area contributed by atoms with Gasteiger partial charge in [0.1, 0.15) is 0 Å². The summed E-state index contributed by atoms with van der Waals surface area (Å²) in [5.74, 6) is -0.188. The first-order chi connectivity index (χ1) is 9.95. The van der Waals surface area contributed by atoms with Crippen LogP contribution in [0.2, 0.25) is 0 Å². The maximum Gasteiger partial charge on any atom is 0.416 e. The van der Waals surface area contributed by atoms with E-state index in [0.717, 1.165) is 42.7 Å². The largest absolute Gasteiger partial charge is 0.416 e. The number of carbonyl (C=O) groups excluding carboxylic acids is 1. The lowest BCUT2D eigenvalue weighted by atomic mass is 10.1. The first-order valence-electron chi connectivity index (χ1n) is 6.50. The molecule has 1 amide bonds. The van der Waals surface area contributed by atoms with Crippen molar-refractivity contribution in [3.63, 3.8) is 0 Å². The van der Waals surface area contributed by atoms with Gasteiger partial charge in [0.05, 0.1) is 5.56 Å². The third kappa shape index (κ3) is 2.63. The van der Waals surface area contributed by atoms with E-state index in [1.54, 1.807) is 0 Å². The first-order valence-corrected chi connectivity index (χ1v) is 6.50. The van der Waals surface area contributed by atoms with Crippen molar-refractivity contribution in [3.05, 3.63) is 46.6 Å². The first kappa shape index (κ1) is 13.7. The molecular weight excluding hydrogens is 283 g/mol. The van der Waals surface area contributed by atoms with Crippen molar-refractivity contribution in [2.75, 3.05) is 5.32 Å². The van der Waals surface area contributed by atoms with Gasteiger partial charge in [0, 0.05) is 16.8 Å². The van der Waals surface area contributed by atoms with Gasteiger partial charge in [-0.3, -0.25) is 9.89 Å². The van der Waals surface area contributed by atoms with E-state index in [9.17, 15) is 18.0 Å². The zero-order chi connectivity index (χ0) is 15.0. The summed E-state index contributed by atoms with van der Waals surface area (Å²) in [5.41, 5.74) is 1.03. The third-order valence-electron chi connectivity index (χ3n) is 3.49. The second-order valence-corrected chi connectivity index (χ2v) is 4.92. The van der Waals surface area contributed by atoms with Gasteiger partial charge >= 0.3 is 6.18 Å². The lowest BCUT2D eigenvalue weighted by Gasteiger charge is -2.08. The highest BCUT2D eigenvalue weighted by Gasteiger charge is 2.31. The average molecular weight is 295 g/mol. The Morgan fingerprint density at radius 1 is 1.29 bits per heavy atom. The van der Waals surface area contributed by atoms with Crippen molar-refractivity contribution in [1.82, 2.24) is 10.2 Å². The second kappa shape index (κ2) is 4.91. The van der Waals surface area contributed by atoms with Gasteiger partial charge in [-0.25, -0.2) is 0 Å². The molecule has 4 nitrogen and oxygen atoms in total. The number of fused-ring (bicyclic) bond motifs is 1. The summed E-state index contributed by atoms with van der Waals surface area (Å²) in [4.78, 5) is 12.1. The Labute approximate surface area is 118 Å². The molecule has 3 rings (SSSR count). The van der Waals surface area contributed by atoms with E-state index in [-0.39, 0.29) is 5.56 Å². The maximum atomic E-state index is 12.6. The number of H-pyrrole nitrogens is 1. The monoisotopic (exact) mass is 295 g/mol. The molecule has 0 fully saturated rings. The third-order valence-corrected chi connectivity index (χ3v) is 3.49. The Hall–Kier alpha value is -2.31. The number of nitrogens with one attached hydrogen (secondary N) is 2. The highest BCUT2D eigenvalue weighted by atomic mass is 19.4. The molecule has 1 aliphatic carbocycles. The van der Waals surface area contributed by atoms with Gasteiger partial charge in [0.25, 0.3) is 5.91 Å². The summed E-state index contributed by atoms with van der Waals surface area (Å²) in [5, 5.41) is 9.40. The van der Waals surface area contributed by atoms with Crippen molar-refractivity contribution >= 4 is 11.7 Å². The zero-order valence-corrected chi connectivity index (χ0v) is 10.9. The van der Waals surface area contributed by atoms with Crippen LogP contribution in [0.4, 0.5) is 19.0 Å². The standard InChI is InChI=1S/C14H12F3N3O/c15-14(16,17)9-4-1-3-8(7-9)13(21)18-12-10-5-2-6-11(10)19-20-12/h1,3-4,7H,2,5-6H2,(H2,18,19,20,21). The topological polar surface area (TPSA) is 57.8 Å². The highest BCUT2D eigenvalue weighted by Crippen LogP contribution is 2.30. The molecule has 0 spiro atoms. The number of hydrogen-bond acceptors (Lipinski definition) is 2. The minimum atomic E-state index is -4.47. The summed E-state index contributed by atoms with van der Waals surface area (Å²) in [6, 6.07) is 4.33. The lowest BCUT2D eigenvalue weighted by Crippen LogP contribution is -2.15. The number of aromatic nitrogens is 2. The van der Waals surface area contributed by atoms with Crippen molar-refractivity contribution < 1.29 is 18.0 Å². The van der Waals surface area contributed by atoms with E-state index >= 15 is 0 Å². The van der Waals surface area contributed by atoms with E-state index < -0.39 is 17.6 Å². The van der Waals surface area contributed by atoms with Crippen LogP contribution in [-0.4, -0.2) is 16.1 Å². The Morgan fingerprint density at radius 3 is 2.86 bits per heavy atom. The summed E-state index contributed by atoms with van der Waals surface area (Å²) in [6.07, 6.45) is -1.80. The van der Waals surface area contributed by atoms with Gasteiger partial charge in [-0.15, -0.1) is 0 Å². The van der Waals surface area contributed by atoms with Crippen LogP contribution in [0.25, 0.3) is 0 Å². The summed E-state index contributed by atoms with van der Waals surface area (Å²) in [7, 11) is 0. The van der Waals surface area contributed by atoms with Crippen LogP contribution < -0.4 is 5.32 Å². The molecule has 0 radical (unpaired) electrons. The Kier molecular flexibility index (Phi) is 3.19. The fraction of sp³-hybridized carbons (Fsp3) is 0.286. The van der Waals surface area contributed by atoms with Gasteiger partial charge in [-0.05, 0) is 37.5 Å². The molecule has 21 heavy (non-hydrogen) atoms. The van der Waals surface area contributed by atoms with E-state index in [2.05, 4.69) is 15.5 Å². The number of hydrogen-bond donors (Lipinski definition) is 2. The molecule has 2 aromatic rings. The Morgan fingerprint density at radius 2 is 2.10 bits per heavy atom. The molecule has 0 saturated heterocycles. The fourth-order valence-electron chi connectivity index (χ4n) is 2.44. The minimum absolute atomic E-state index is 0.0421. The number of benzene rings is 1. The molecule has 110 valence electrons. The molecule has 0 aliphatic heterocycles. The van der Waals surface area contributed by atoms with Gasteiger partial charge in [-0.2, -0.15) is 18.3 Å². The van der Waals surface area contributed by atoms with E-state index in [1.807, 2.05) is 0 Å². The van der Waals surface area contributed by atoms with Crippen LogP contribution in [0.5, 0.6) is 0 Å². The number of aryl methyl sites for hydroxylation is 1. The number of nitrogens with zero attached hydrogens (tertiary/aromatic N) is 1. The Balaban J connectivity index is 1.82. The molecule has 0 bridgehead atoms. The SMILES string of the molecule is O=C(Nc1n[nH]c2c1CCC2)c1cccc(C(F)(F)F)c1. The van der Waals surface area contributed by atoms with Crippen molar-refractivity contribution in [2.24, 2.45) is 0 Å². The number of anilines is 1. The van der Waals surface area contributed by atoms with Crippen LogP contribution in [0.1, 0.15) is 33.6 Å². The quantitative estimate of drug-likeness (QED) is 0.894. The number of alkyl halides is 3. The molecule has 2 N–H and O–H groups in total. The number of halogens is 3. The normalized spacial score (nSPS) is 14.0. The summed E-state index contributed by atoms with van der Waals surface area (Å²) < 4.78 is 37.9. The number of rotatable bonds is 2. The van der Waals surface area contributed by atoms with Crippen LogP contribution >= 0.6 is 0 Å². The van der Waals surface area contributed by atoms with Crippen molar-refractivity contribution in [1.29, 1.82) is 0 Å². The zero-order valence-electron chi connectivity index (χ0n) is 10.9. The van der Waals surface area contributed by atoms with Crippen LogP contribution in [-0.2, 0) is 19.0 Å². The molecule has 0 saturated carbocycles. The van der Waals surface area contributed by atoms with Gasteiger partial charge in [0.15, 0.2) is 5.82 Å². The number of carbonyl (C=O) groups is 1. The van der Waals surface area contributed by atoms with Crippen molar-refractivity contribution in [3.8, 4) is 0 Å². The van der Waals surface area contributed by atoms with E-state index in [1.165, 1.54) is 12.1 Å². The molecule has 1 aliphatic rings. The van der Waals surface area contributed by atoms with Gasteiger partial charge < -0.3 is 5.32 Å². The highest BCUT2D eigenvalue weighted by molar-refractivity contribution is 6.04. The maximum absolute atomic E-state index is 12.6. The molecule has 1 heterocycles. The molecule has 1 aromatic carbocycles. The minimum Gasteiger partial charge on any atom is -0.305 e. The Bertz CT molecular complexity index is 691. The van der Waals surface area contributed by atoms with Crippen LogP contribution in [0.3, 0.4) is 0 Å². The van der Waals surface area contributed by atoms with Crippen LogP contribution in [0, 0.1) is 0 Å². The van der Waals surface area contributed by atoms with E-state index in [4.69, 9.17) is 0 Å². The van der Waals surface area contributed by atoms with Gasteiger partial charge in [0.2, 0.25) is 0 Å². The molecule has 7 heteroatoms. The average Bonchev–Trinajstić information content (AvgIpc) is 3.03. The molecule has 1 aromatic heterocycles. The molecule has 0 atom stereocenters. The summed E-state index contributed by atoms with van der Waals surface area (Å²) >= 11 is 0. The predicted octanol–water partition coefficient (Wildman–Crippen LogP) is 3.17. The van der Waals surface area contributed by atoms with Crippen LogP contribution in [0.15, 0.2) is 24.3 Å². The van der Waals surface area contributed by atoms with E-state index in [0.29, 0.717) is 5.82 Å². The number of amides is 1. The molecule has 0 unspecified atom stereocenters.